The number of hydrogen-bond acceptors (Lipinski definition) is 3. The summed E-state index contributed by atoms with van der Waals surface area (Å²) in [5, 5.41) is 8.10. The van der Waals surface area contributed by atoms with Crippen molar-refractivity contribution >= 4 is 0 Å². The first-order valence-corrected chi connectivity index (χ1v) is 7.03. The van der Waals surface area contributed by atoms with Crippen molar-refractivity contribution in [3.63, 3.8) is 0 Å². The molecule has 1 saturated carbocycles. The van der Waals surface area contributed by atoms with E-state index in [1.165, 1.54) is 25.0 Å². The van der Waals surface area contributed by atoms with E-state index < -0.39 is 0 Å². The van der Waals surface area contributed by atoms with Crippen LogP contribution in [0.25, 0.3) is 0 Å². The van der Waals surface area contributed by atoms with Gasteiger partial charge < -0.3 is 10.1 Å². The third kappa shape index (κ3) is 2.39. The van der Waals surface area contributed by atoms with Gasteiger partial charge in [-0.1, -0.05) is 13.3 Å². The second-order valence-electron chi connectivity index (χ2n) is 5.36. The highest BCUT2D eigenvalue weighted by atomic mass is 16.5. The molecule has 0 aromatic carbocycles. The summed E-state index contributed by atoms with van der Waals surface area (Å²) >= 11 is 0. The molecule has 1 N–H and O–H groups in total. The summed E-state index contributed by atoms with van der Waals surface area (Å²) in [6.45, 7) is 7.47. The van der Waals surface area contributed by atoms with Crippen LogP contribution in [0, 0.1) is 5.92 Å². The third-order valence-electron chi connectivity index (χ3n) is 3.85. The lowest BCUT2D eigenvalue weighted by molar-refractivity contribution is 0.217. The average molecular weight is 251 g/mol. The van der Waals surface area contributed by atoms with Crippen molar-refractivity contribution < 1.29 is 4.74 Å². The minimum absolute atomic E-state index is 0.366. The van der Waals surface area contributed by atoms with Crippen molar-refractivity contribution in [1.82, 2.24) is 15.1 Å². The molecule has 0 bridgehead atoms. The lowest BCUT2D eigenvalue weighted by Crippen LogP contribution is -2.34. The zero-order valence-electron chi connectivity index (χ0n) is 11.9. The molecule has 18 heavy (non-hydrogen) atoms. The Balaban J connectivity index is 2.34. The zero-order valence-corrected chi connectivity index (χ0v) is 11.9. The average Bonchev–Trinajstić information content (AvgIpc) is 2.69. The van der Waals surface area contributed by atoms with E-state index in [0.717, 1.165) is 18.2 Å². The lowest BCUT2D eigenvalue weighted by Gasteiger charge is -2.35. The van der Waals surface area contributed by atoms with Crippen LogP contribution >= 0.6 is 0 Å². The molecule has 4 heteroatoms. The van der Waals surface area contributed by atoms with E-state index in [0.29, 0.717) is 12.1 Å². The summed E-state index contributed by atoms with van der Waals surface area (Å²) in [5.74, 6) is 1.65. The van der Waals surface area contributed by atoms with E-state index in [1.54, 1.807) is 7.11 Å². The number of aromatic nitrogens is 2. The molecule has 1 aliphatic carbocycles. The molecule has 0 amide bonds. The first-order chi connectivity index (χ1) is 8.69. The molecule has 2 rings (SSSR count). The van der Waals surface area contributed by atoms with Gasteiger partial charge in [0.2, 0.25) is 0 Å². The first-order valence-electron chi connectivity index (χ1n) is 7.03. The van der Waals surface area contributed by atoms with E-state index in [2.05, 4.69) is 35.9 Å². The monoisotopic (exact) mass is 251 g/mol. The highest BCUT2D eigenvalue weighted by molar-refractivity contribution is 5.29. The summed E-state index contributed by atoms with van der Waals surface area (Å²) in [6, 6.07) is 0.744. The molecule has 1 aliphatic rings. The molecule has 1 aromatic rings. The van der Waals surface area contributed by atoms with Gasteiger partial charge in [0, 0.05) is 6.04 Å². The number of nitrogens with one attached hydrogen (secondary N) is 1. The standard InChI is InChI=1S/C14H25N3O/c1-5-15-13(11-7-6-8-11)14-12(18-4)9-16-17(14)10(2)3/h9-11,13,15H,5-8H2,1-4H3. The van der Waals surface area contributed by atoms with Crippen molar-refractivity contribution in [3.8, 4) is 5.75 Å². The minimum Gasteiger partial charge on any atom is -0.493 e. The summed E-state index contributed by atoms with van der Waals surface area (Å²) in [5.41, 5.74) is 1.22. The van der Waals surface area contributed by atoms with Crippen LogP contribution in [-0.4, -0.2) is 23.4 Å². The predicted octanol–water partition coefficient (Wildman–Crippen LogP) is 2.92. The molecule has 0 saturated heterocycles. The SMILES string of the molecule is CCNC(c1c(OC)cnn1C(C)C)C1CCC1. The molecule has 1 fully saturated rings. The molecule has 0 spiro atoms. The fourth-order valence-corrected chi connectivity index (χ4v) is 2.70. The smallest absolute Gasteiger partial charge is 0.161 e. The Bertz CT molecular complexity index is 382. The highest BCUT2D eigenvalue weighted by Gasteiger charge is 2.33. The molecular formula is C14H25N3O. The second-order valence-corrected chi connectivity index (χ2v) is 5.36. The Kier molecular flexibility index (Phi) is 4.27. The van der Waals surface area contributed by atoms with Gasteiger partial charge in [-0.15, -0.1) is 0 Å². The summed E-state index contributed by atoms with van der Waals surface area (Å²) in [4.78, 5) is 0. The molecule has 1 unspecified atom stereocenters. The summed E-state index contributed by atoms with van der Waals surface area (Å²) in [6.07, 6.45) is 5.82. The van der Waals surface area contributed by atoms with E-state index in [1.807, 2.05) is 6.20 Å². The molecule has 1 heterocycles. The minimum atomic E-state index is 0.366. The Hall–Kier alpha value is -1.03. The van der Waals surface area contributed by atoms with Crippen molar-refractivity contribution in [2.75, 3.05) is 13.7 Å². The normalized spacial score (nSPS) is 17.8. The van der Waals surface area contributed by atoms with Crippen molar-refractivity contribution in [2.45, 2.75) is 52.1 Å². The topological polar surface area (TPSA) is 39.1 Å². The van der Waals surface area contributed by atoms with E-state index in [-0.39, 0.29) is 0 Å². The second kappa shape index (κ2) is 5.74. The summed E-state index contributed by atoms with van der Waals surface area (Å²) in [7, 11) is 1.73. The van der Waals surface area contributed by atoms with Gasteiger partial charge in [-0.25, -0.2) is 0 Å². The fraction of sp³-hybridized carbons (Fsp3) is 0.786. The number of hydrogen-bond donors (Lipinski definition) is 1. The van der Waals surface area contributed by atoms with Crippen LogP contribution in [-0.2, 0) is 0 Å². The Morgan fingerprint density at radius 1 is 1.50 bits per heavy atom. The number of methoxy groups -OCH3 is 1. The zero-order chi connectivity index (χ0) is 13.1. The van der Waals surface area contributed by atoms with E-state index >= 15 is 0 Å². The molecule has 4 nitrogen and oxygen atoms in total. The van der Waals surface area contributed by atoms with Gasteiger partial charge in [0.05, 0.1) is 25.0 Å². The lowest BCUT2D eigenvalue weighted by atomic mass is 9.78. The van der Waals surface area contributed by atoms with Crippen LogP contribution in [0.2, 0.25) is 0 Å². The number of nitrogens with zero attached hydrogens (tertiary/aromatic N) is 2. The van der Waals surface area contributed by atoms with Crippen molar-refractivity contribution in [3.05, 3.63) is 11.9 Å². The maximum absolute atomic E-state index is 5.50. The molecular weight excluding hydrogens is 226 g/mol. The number of rotatable bonds is 6. The van der Waals surface area contributed by atoms with Crippen LogP contribution in [0.3, 0.4) is 0 Å². The highest BCUT2D eigenvalue weighted by Crippen LogP contribution is 2.41. The van der Waals surface area contributed by atoms with E-state index in [4.69, 9.17) is 4.74 Å². The quantitative estimate of drug-likeness (QED) is 0.845. The van der Waals surface area contributed by atoms with Gasteiger partial charge in [-0.05, 0) is 39.2 Å². The largest absolute Gasteiger partial charge is 0.493 e. The van der Waals surface area contributed by atoms with Gasteiger partial charge in [0.1, 0.15) is 0 Å². The molecule has 0 radical (unpaired) electrons. The summed E-state index contributed by atoms with van der Waals surface area (Å²) < 4.78 is 7.60. The Morgan fingerprint density at radius 2 is 2.22 bits per heavy atom. The third-order valence-corrected chi connectivity index (χ3v) is 3.85. The van der Waals surface area contributed by atoms with Gasteiger partial charge in [-0.2, -0.15) is 5.10 Å². The maximum Gasteiger partial charge on any atom is 0.161 e. The van der Waals surface area contributed by atoms with E-state index in [9.17, 15) is 0 Å². The first kappa shape index (κ1) is 13.4. The van der Waals surface area contributed by atoms with Crippen LogP contribution < -0.4 is 10.1 Å². The van der Waals surface area contributed by atoms with Crippen molar-refractivity contribution in [1.29, 1.82) is 0 Å². The van der Waals surface area contributed by atoms with Gasteiger partial charge in [0.25, 0.3) is 0 Å². The molecule has 1 atom stereocenters. The molecule has 102 valence electrons. The van der Waals surface area contributed by atoms with Gasteiger partial charge >= 0.3 is 0 Å². The van der Waals surface area contributed by atoms with Gasteiger partial charge in [-0.3, -0.25) is 4.68 Å². The molecule has 0 aliphatic heterocycles. The van der Waals surface area contributed by atoms with Crippen LogP contribution in [0.1, 0.15) is 57.8 Å². The van der Waals surface area contributed by atoms with Crippen LogP contribution in [0.15, 0.2) is 6.20 Å². The molecule has 1 aromatic heterocycles. The Morgan fingerprint density at radius 3 is 2.67 bits per heavy atom. The fourth-order valence-electron chi connectivity index (χ4n) is 2.70. The number of ether oxygens (including phenoxy) is 1. The van der Waals surface area contributed by atoms with Crippen LogP contribution in [0.5, 0.6) is 5.75 Å². The maximum atomic E-state index is 5.50. The predicted molar refractivity (Wildman–Crippen MR) is 72.9 cm³/mol. The van der Waals surface area contributed by atoms with Crippen LogP contribution in [0.4, 0.5) is 0 Å². The van der Waals surface area contributed by atoms with Crippen molar-refractivity contribution in [2.24, 2.45) is 5.92 Å². The van der Waals surface area contributed by atoms with Gasteiger partial charge in [0.15, 0.2) is 5.75 Å². The Labute approximate surface area is 110 Å².